The molecular formula is C23H38N2O3. The van der Waals surface area contributed by atoms with Gasteiger partial charge < -0.3 is 15.7 Å². The minimum absolute atomic E-state index is 0.0404. The van der Waals surface area contributed by atoms with Crippen LogP contribution in [-0.2, 0) is 9.63 Å². The second-order valence-electron chi connectivity index (χ2n) is 10.9. The molecule has 0 heterocycles. The largest absolute Gasteiger partial charge is 0.394 e. The van der Waals surface area contributed by atoms with Crippen LogP contribution in [0.3, 0.4) is 0 Å². The van der Waals surface area contributed by atoms with Crippen LogP contribution in [0.15, 0.2) is 5.16 Å². The van der Waals surface area contributed by atoms with E-state index in [1.165, 1.54) is 0 Å². The zero-order chi connectivity index (χ0) is 20.3. The van der Waals surface area contributed by atoms with Crippen LogP contribution in [0.4, 0.5) is 0 Å². The molecule has 3 N–H and O–H groups in total. The Morgan fingerprint density at radius 2 is 2.00 bits per heavy atom. The number of hydrogen-bond donors (Lipinski definition) is 2. The molecule has 4 rings (SSSR count). The van der Waals surface area contributed by atoms with Gasteiger partial charge in [0, 0.05) is 29.7 Å². The fraction of sp³-hybridized carbons (Fsp3) is 0.913. The molecule has 5 heteroatoms. The highest BCUT2D eigenvalue weighted by Crippen LogP contribution is 2.67. The molecule has 158 valence electrons. The highest BCUT2D eigenvalue weighted by atomic mass is 16.6. The van der Waals surface area contributed by atoms with Crippen LogP contribution in [-0.4, -0.2) is 34.9 Å². The van der Waals surface area contributed by atoms with Gasteiger partial charge in [0.05, 0.1) is 11.3 Å². The van der Waals surface area contributed by atoms with Gasteiger partial charge in [-0.05, 0) is 69.1 Å². The van der Waals surface area contributed by atoms with Crippen molar-refractivity contribution in [2.45, 2.75) is 90.7 Å². The van der Waals surface area contributed by atoms with Crippen LogP contribution in [0.2, 0.25) is 0 Å². The van der Waals surface area contributed by atoms with Crippen LogP contribution >= 0.6 is 0 Å². The quantitative estimate of drug-likeness (QED) is 0.720. The van der Waals surface area contributed by atoms with E-state index in [9.17, 15) is 9.90 Å². The Balaban J connectivity index is 1.59. The summed E-state index contributed by atoms with van der Waals surface area (Å²) in [5.74, 6) is 2.27. The molecule has 0 spiro atoms. The SMILES string of the molecule is C[C@H](N)CON=C1CC[C@]2(C)[C@H]3CC[C@]4(C)C(=O)CC[C@H]4[C@@H]3C[C@H](C)[C@@]2(O)C1. The number of nitrogens with zero attached hydrogens (tertiary/aromatic N) is 1. The molecule has 5 nitrogen and oxygen atoms in total. The summed E-state index contributed by atoms with van der Waals surface area (Å²) in [6, 6.07) is -0.0404. The maximum absolute atomic E-state index is 12.6. The predicted molar refractivity (Wildman–Crippen MR) is 110 cm³/mol. The standard InChI is InChI=1S/C23H38N2O3/c1-14-11-17-18-5-6-20(26)21(18,3)9-8-19(17)22(4)10-7-16(12-23(14,22)27)25-28-13-15(2)24/h14-15,17-19,27H,5-13,24H2,1-4H3/t14-,15-,17-,18-,19-,21-,22+,23-/m0/s1. The van der Waals surface area contributed by atoms with Crippen LogP contribution in [0.5, 0.6) is 0 Å². The zero-order valence-electron chi connectivity index (χ0n) is 18.0. The first-order chi connectivity index (χ1) is 13.1. The molecule has 0 radical (unpaired) electrons. The van der Waals surface area contributed by atoms with E-state index in [1.54, 1.807) is 0 Å². The van der Waals surface area contributed by atoms with E-state index < -0.39 is 5.60 Å². The number of Topliss-reactive ketones (excluding diaryl/α,β-unsaturated/α-hetero) is 1. The molecule has 0 aromatic carbocycles. The number of carbonyl (C=O) groups excluding carboxylic acids is 1. The summed E-state index contributed by atoms with van der Waals surface area (Å²) < 4.78 is 0. The fourth-order valence-electron chi connectivity index (χ4n) is 7.57. The molecule has 4 aliphatic rings. The van der Waals surface area contributed by atoms with Gasteiger partial charge in [-0.3, -0.25) is 4.79 Å². The highest BCUT2D eigenvalue weighted by Gasteiger charge is 2.66. The van der Waals surface area contributed by atoms with E-state index in [1.807, 2.05) is 6.92 Å². The van der Waals surface area contributed by atoms with Crippen LogP contribution in [0.25, 0.3) is 0 Å². The molecule has 0 aliphatic heterocycles. The van der Waals surface area contributed by atoms with Crippen molar-refractivity contribution in [3.8, 4) is 0 Å². The van der Waals surface area contributed by atoms with Crippen molar-refractivity contribution in [2.75, 3.05) is 6.61 Å². The maximum Gasteiger partial charge on any atom is 0.139 e. The van der Waals surface area contributed by atoms with Crippen LogP contribution in [0, 0.1) is 34.5 Å². The highest BCUT2D eigenvalue weighted by molar-refractivity contribution is 5.87. The van der Waals surface area contributed by atoms with E-state index in [2.05, 4.69) is 25.9 Å². The van der Waals surface area contributed by atoms with Crippen LogP contribution in [0.1, 0.15) is 79.1 Å². The Morgan fingerprint density at radius 1 is 1.25 bits per heavy atom. The molecular weight excluding hydrogens is 352 g/mol. The zero-order valence-corrected chi connectivity index (χ0v) is 18.0. The van der Waals surface area contributed by atoms with E-state index in [0.717, 1.165) is 50.7 Å². The first kappa shape index (κ1) is 20.3. The van der Waals surface area contributed by atoms with E-state index in [4.69, 9.17) is 10.6 Å². The number of aliphatic hydroxyl groups is 1. The number of rotatable bonds is 3. The van der Waals surface area contributed by atoms with Gasteiger partial charge in [-0.25, -0.2) is 0 Å². The Hall–Kier alpha value is -0.940. The molecule has 4 fully saturated rings. The minimum Gasteiger partial charge on any atom is -0.394 e. The van der Waals surface area contributed by atoms with Crippen LogP contribution < -0.4 is 5.73 Å². The molecule has 0 aromatic rings. The number of oxime groups is 1. The summed E-state index contributed by atoms with van der Waals surface area (Å²) >= 11 is 0. The van der Waals surface area contributed by atoms with E-state index in [-0.39, 0.29) is 22.8 Å². The lowest BCUT2D eigenvalue weighted by atomic mass is 9.41. The van der Waals surface area contributed by atoms with E-state index >= 15 is 0 Å². The first-order valence-corrected chi connectivity index (χ1v) is 11.3. The van der Waals surface area contributed by atoms with Crippen molar-refractivity contribution in [1.29, 1.82) is 0 Å². The van der Waals surface area contributed by atoms with Crippen molar-refractivity contribution in [2.24, 2.45) is 45.4 Å². The van der Waals surface area contributed by atoms with Crippen molar-refractivity contribution >= 4 is 11.5 Å². The van der Waals surface area contributed by atoms with Gasteiger partial charge in [0.15, 0.2) is 0 Å². The summed E-state index contributed by atoms with van der Waals surface area (Å²) in [5, 5.41) is 16.3. The van der Waals surface area contributed by atoms with Gasteiger partial charge in [0.2, 0.25) is 0 Å². The molecule has 4 aliphatic carbocycles. The number of ketones is 1. The third kappa shape index (κ3) is 2.79. The summed E-state index contributed by atoms with van der Waals surface area (Å²) in [7, 11) is 0. The molecule has 0 aromatic heterocycles. The Kier molecular flexibility index (Phi) is 4.94. The first-order valence-electron chi connectivity index (χ1n) is 11.3. The average molecular weight is 391 g/mol. The van der Waals surface area contributed by atoms with Gasteiger partial charge in [0.25, 0.3) is 0 Å². The Labute approximate surface area is 169 Å². The molecule has 28 heavy (non-hydrogen) atoms. The van der Waals surface area contributed by atoms with Crippen molar-refractivity contribution < 1.29 is 14.7 Å². The van der Waals surface area contributed by atoms with Crippen molar-refractivity contribution in [1.82, 2.24) is 0 Å². The monoisotopic (exact) mass is 390 g/mol. The lowest BCUT2D eigenvalue weighted by Gasteiger charge is -2.65. The third-order valence-electron chi connectivity index (χ3n) is 9.33. The average Bonchev–Trinajstić information content (AvgIpc) is 2.93. The molecule has 4 saturated carbocycles. The maximum atomic E-state index is 12.6. The number of fused-ring (bicyclic) bond motifs is 5. The van der Waals surface area contributed by atoms with Gasteiger partial charge in [-0.1, -0.05) is 25.9 Å². The fourth-order valence-corrected chi connectivity index (χ4v) is 7.57. The van der Waals surface area contributed by atoms with Gasteiger partial charge in [0.1, 0.15) is 12.4 Å². The second-order valence-corrected chi connectivity index (χ2v) is 10.9. The second kappa shape index (κ2) is 6.80. The van der Waals surface area contributed by atoms with Crippen molar-refractivity contribution in [3.05, 3.63) is 0 Å². The molecule has 0 amide bonds. The molecule has 0 bridgehead atoms. The normalized spacial score (nSPS) is 50.6. The molecule has 0 saturated heterocycles. The predicted octanol–water partition coefficient (Wildman–Crippen LogP) is 3.68. The summed E-state index contributed by atoms with van der Waals surface area (Å²) in [6.07, 6.45) is 7.34. The van der Waals surface area contributed by atoms with Gasteiger partial charge in [-0.2, -0.15) is 0 Å². The lowest BCUT2D eigenvalue weighted by molar-refractivity contribution is -0.214. The molecule has 0 unspecified atom stereocenters. The van der Waals surface area contributed by atoms with Gasteiger partial charge >= 0.3 is 0 Å². The Morgan fingerprint density at radius 3 is 2.71 bits per heavy atom. The number of carbonyl (C=O) groups is 1. The van der Waals surface area contributed by atoms with Gasteiger partial charge in [-0.15, -0.1) is 0 Å². The third-order valence-corrected chi connectivity index (χ3v) is 9.33. The van der Waals surface area contributed by atoms with E-state index in [0.29, 0.717) is 36.6 Å². The summed E-state index contributed by atoms with van der Waals surface area (Å²) in [5.41, 5.74) is 5.77. The Bertz CT molecular complexity index is 677. The molecule has 8 atom stereocenters. The van der Waals surface area contributed by atoms with Crippen molar-refractivity contribution in [3.63, 3.8) is 0 Å². The number of nitrogens with two attached hydrogens (primary N) is 1. The smallest absolute Gasteiger partial charge is 0.139 e. The minimum atomic E-state index is -0.737. The topological polar surface area (TPSA) is 84.9 Å². The number of hydrogen-bond acceptors (Lipinski definition) is 5. The summed E-state index contributed by atoms with van der Waals surface area (Å²) in [6.45, 7) is 9.06. The lowest BCUT2D eigenvalue weighted by Crippen LogP contribution is -2.65. The summed E-state index contributed by atoms with van der Waals surface area (Å²) in [4.78, 5) is 18.0.